The van der Waals surface area contributed by atoms with E-state index in [9.17, 15) is 29.1 Å². The smallest absolute Gasteiger partial charge is 0.326 e. The van der Waals surface area contributed by atoms with Gasteiger partial charge in [-0.25, -0.2) is 9.78 Å². The fourth-order valence-electron chi connectivity index (χ4n) is 3.22. The number of thioether (sulfide) groups is 1. The molecule has 0 radical (unpaired) electrons. The van der Waals surface area contributed by atoms with Gasteiger partial charge in [0.15, 0.2) is 0 Å². The molecule has 0 aliphatic carbocycles. The van der Waals surface area contributed by atoms with Gasteiger partial charge in [-0.2, -0.15) is 11.8 Å². The average molecular weight is 529 g/mol. The molecule has 1 aromatic heterocycles. The zero-order valence-electron chi connectivity index (χ0n) is 20.7. The van der Waals surface area contributed by atoms with Crippen molar-refractivity contribution in [2.75, 3.05) is 12.0 Å². The zero-order chi connectivity index (χ0) is 27.3. The highest BCUT2D eigenvalue weighted by Gasteiger charge is 2.33. The normalized spacial score (nSPS) is 15.1. The second kappa shape index (κ2) is 15.8. The molecule has 0 fully saturated rings. The summed E-state index contributed by atoms with van der Waals surface area (Å²) in [6.07, 6.45) is 5.00. The third-order valence-corrected chi connectivity index (χ3v) is 6.28. The summed E-state index contributed by atoms with van der Waals surface area (Å²) in [4.78, 5) is 67.9. The lowest BCUT2D eigenvalue weighted by Gasteiger charge is -2.28. The molecule has 0 aliphatic rings. The molecule has 0 aromatic carbocycles. The van der Waals surface area contributed by atoms with Crippen LogP contribution in [-0.4, -0.2) is 86.0 Å². The lowest BCUT2D eigenvalue weighted by molar-refractivity contribution is -0.142. The summed E-state index contributed by atoms with van der Waals surface area (Å²) >= 11 is 1.45. The molecule has 1 aromatic rings. The van der Waals surface area contributed by atoms with Crippen molar-refractivity contribution < 1.29 is 34.2 Å². The van der Waals surface area contributed by atoms with Gasteiger partial charge in [-0.05, 0) is 30.8 Å². The first-order valence-corrected chi connectivity index (χ1v) is 13.0. The molecule has 0 bridgehead atoms. The van der Waals surface area contributed by atoms with Gasteiger partial charge in [-0.3, -0.25) is 19.2 Å². The van der Waals surface area contributed by atoms with Crippen LogP contribution in [0.3, 0.4) is 0 Å². The number of carboxylic acids is 2. The number of rotatable bonds is 17. The standard InChI is InChI=1S/C22H36N6O7S/c1-4-12(2)18(21(33)26-15(22(34)35)7-8-36-3)28-20(32)16(9-13-10-24-11-25-13)27-19(31)14(23)5-6-17(29)30/h10-12,14-16,18H,4-9,23H2,1-3H3,(H,24,25)(H,26,33)(H,27,31)(H,28,32)(H,29,30)(H,34,35). The summed E-state index contributed by atoms with van der Waals surface area (Å²) in [5.41, 5.74) is 6.31. The molecule has 0 aliphatic heterocycles. The molecule has 1 rings (SSSR count). The van der Waals surface area contributed by atoms with Crippen LogP contribution in [0.25, 0.3) is 0 Å². The number of aromatic amines is 1. The Kier molecular flexibility index (Phi) is 13.5. The van der Waals surface area contributed by atoms with Crippen molar-refractivity contribution in [1.29, 1.82) is 0 Å². The quantitative estimate of drug-likeness (QED) is 0.137. The van der Waals surface area contributed by atoms with E-state index in [1.807, 2.05) is 13.2 Å². The van der Waals surface area contributed by atoms with E-state index in [4.69, 9.17) is 10.8 Å². The number of aromatic nitrogens is 2. The Morgan fingerprint density at radius 2 is 1.72 bits per heavy atom. The number of carbonyl (C=O) groups is 5. The number of hydrogen-bond acceptors (Lipinski definition) is 8. The van der Waals surface area contributed by atoms with Crippen molar-refractivity contribution in [3.63, 3.8) is 0 Å². The van der Waals surface area contributed by atoms with Crippen LogP contribution < -0.4 is 21.7 Å². The van der Waals surface area contributed by atoms with E-state index in [0.717, 1.165) is 0 Å². The molecule has 36 heavy (non-hydrogen) atoms. The number of nitrogens with two attached hydrogens (primary N) is 1. The van der Waals surface area contributed by atoms with Gasteiger partial charge in [0.25, 0.3) is 0 Å². The van der Waals surface area contributed by atoms with Gasteiger partial charge < -0.3 is 36.9 Å². The topological polar surface area (TPSA) is 217 Å². The first-order chi connectivity index (χ1) is 17.0. The summed E-state index contributed by atoms with van der Waals surface area (Å²) in [6, 6.07) is -4.47. The van der Waals surface area contributed by atoms with Gasteiger partial charge in [-0.1, -0.05) is 20.3 Å². The minimum absolute atomic E-state index is 0.00351. The molecular formula is C22H36N6O7S. The Morgan fingerprint density at radius 3 is 2.25 bits per heavy atom. The molecule has 8 N–H and O–H groups in total. The number of carbonyl (C=O) groups excluding carboxylic acids is 3. The van der Waals surface area contributed by atoms with Gasteiger partial charge in [0.1, 0.15) is 18.1 Å². The SMILES string of the molecule is CCC(C)C(NC(=O)C(Cc1cnc[nH]1)NC(=O)C(N)CCC(=O)O)C(=O)NC(CCSC)C(=O)O. The first-order valence-electron chi connectivity index (χ1n) is 11.6. The number of nitrogens with one attached hydrogen (secondary N) is 4. The van der Waals surface area contributed by atoms with Gasteiger partial charge in [0.05, 0.1) is 12.4 Å². The van der Waals surface area contributed by atoms with E-state index in [1.165, 1.54) is 24.3 Å². The third-order valence-electron chi connectivity index (χ3n) is 5.64. The maximum atomic E-state index is 13.2. The van der Waals surface area contributed by atoms with Crippen LogP contribution in [0.1, 0.15) is 45.2 Å². The second-order valence-electron chi connectivity index (χ2n) is 8.43. The van der Waals surface area contributed by atoms with E-state index in [2.05, 4.69) is 25.9 Å². The second-order valence-corrected chi connectivity index (χ2v) is 9.42. The number of nitrogens with zero attached hydrogens (tertiary/aromatic N) is 1. The number of carboxylic acid groups (broad SMARTS) is 2. The van der Waals surface area contributed by atoms with Crippen LogP contribution in [0, 0.1) is 5.92 Å². The molecule has 14 heteroatoms. The predicted octanol–water partition coefficient (Wildman–Crippen LogP) is -0.517. The van der Waals surface area contributed by atoms with Crippen LogP contribution in [0.15, 0.2) is 12.5 Å². The summed E-state index contributed by atoms with van der Waals surface area (Å²) < 4.78 is 0. The van der Waals surface area contributed by atoms with Crippen molar-refractivity contribution in [2.45, 2.75) is 70.1 Å². The minimum atomic E-state index is -1.17. The fourth-order valence-corrected chi connectivity index (χ4v) is 3.70. The molecule has 5 unspecified atom stereocenters. The van der Waals surface area contributed by atoms with Crippen LogP contribution >= 0.6 is 11.8 Å². The van der Waals surface area contributed by atoms with Crippen molar-refractivity contribution in [1.82, 2.24) is 25.9 Å². The minimum Gasteiger partial charge on any atom is -0.481 e. The predicted molar refractivity (Wildman–Crippen MR) is 133 cm³/mol. The number of amides is 3. The lowest BCUT2D eigenvalue weighted by Crippen LogP contribution is -2.59. The number of imidazole rings is 1. The highest BCUT2D eigenvalue weighted by atomic mass is 32.2. The summed E-state index contributed by atoms with van der Waals surface area (Å²) in [7, 11) is 0. The number of H-pyrrole nitrogens is 1. The van der Waals surface area contributed by atoms with Crippen molar-refractivity contribution in [3.8, 4) is 0 Å². The van der Waals surface area contributed by atoms with Crippen LogP contribution in [0.2, 0.25) is 0 Å². The first kappa shape index (κ1) is 30.9. The van der Waals surface area contributed by atoms with Gasteiger partial charge in [0.2, 0.25) is 17.7 Å². The largest absolute Gasteiger partial charge is 0.481 e. The number of aliphatic carboxylic acids is 2. The Labute approximate surface area is 213 Å². The van der Waals surface area contributed by atoms with E-state index in [0.29, 0.717) is 17.9 Å². The summed E-state index contributed by atoms with van der Waals surface area (Å²) in [5.74, 6) is -4.14. The highest BCUT2D eigenvalue weighted by Crippen LogP contribution is 2.11. The average Bonchev–Trinajstić information content (AvgIpc) is 3.35. The lowest BCUT2D eigenvalue weighted by atomic mass is 9.97. The van der Waals surface area contributed by atoms with Gasteiger partial charge >= 0.3 is 11.9 Å². The zero-order valence-corrected chi connectivity index (χ0v) is 21.5. The maximum Gasteiger partial charge on any atom is 0.326 e. The van der Waals surface area contributed by atoms with E-state index >= 15 is 0 Å². The number of hydrogen-bond donors (Lipinski definition) is 7. The summed E-state index contributed by atoms with van der Waals surface area (Å²) in [5, 5.41) is 25.9. The Bertz CT molecular complexity index is 882. The van der Waals surface area contributed by atoms with E-state index in [-0.39, 0.29) is 31.6 Å². The third kappa shape index (κ3) is 10.6. The summed E-state index contributed by atoms with van der Waals surface area (Å²) in [6.45, 7) is 3.57. The fraction of sp³-hybridized carbons (Fsp3) is 0.636. The molecule has 0 saturated carbocycles. The molecular weight excluding hydrogens is 492 g/mol. The Balaban J connectivity index is 3.04. The molecule has 3 amide bonds. The monoisotopic (exact) mass is 528 g/mol. The highest BCUT2D eigenvalue weighted by molar-refractivity contribution is 7.98. The van der Waals surface area contributed by atoms with Crippen LogP contribution in [0.5, 0.6) is 0 Å². The Hall–Kier alpha value is -3.13. The molecule has 0 saturated heterocycles. The van der Waals surface area contributed by atoms with E-state index in [1.54, 1.807) is 6.92 Å². The molecule has 1 heterocycles. The van der Waals surface area contributed by atoms with Crippen LogP contribution in [0.4, 0.5) is 0 Å². The van der Waals surface area contributed by atoms with Crippen molar-refractivity contribution in [3.05, 3.63) is 18.2 Å². The molecule has 202 valence electrons. The van der Waals surface area contributed by atoms with Crippen molar-refractivity contribution >= 4 is 41.4 Å². The maximum absolute atomic E-state index is 13.2. The molecule has 13 nitrogen and oxygen atoms in total. The van der Waals surface area contributed by atoms with Gasteiger partial charge in [-0.15, -0.1) is 0 Å². The van der Waals surface area contributed by atoms with Crippen molar-refractivity contribution in [2.24, 2.45) is 11.7 Å². The van der Waals surface area contributed by atoms with Gasteiger partial charge in [0, 0.05) is 24.7 Å². The Morgan fingerprint density at radius 1 is 1.06 bits per heavy atom. The molecule has 0 spiro atoms. The van der Waals surface area contributed by atoms with Crippen LogP contribution in [-0.2, 0) is 30.4 Å². The molecule has 5 atom stereocenters. The van der Waals surface area contributed by atoms with E-state index < -0.39 is 53.8 Å².